The van der Waals surface area contributed by atoms with Gasteiger partial charge in [0.15, 0.2) is 5.76 Å². The molecule has 8 heteroatoms. The van der Waals surface area contributed by atoms with E-state index in [0.717, 1.165) is 5.56 Å². The molecule has 2 fully saturated rings. The van der Waals surface area contributed by atoms with Crippen molar-refractivity contribution in [3.63, 3.8) is 0 Å². The number of rotatable bonds is 4. The molecule has 150 valence electrons. The van der Waals surface area contributed by atoms with Crippen molar-refractivity contribution in [1.82, 2.24) is 5.32 Å². The molecule has 1 aromatic carbocycles. The Labute approximate surface area is 162 Å². The third-order valence-electron chi connectivity index (χ3n) is 4.78. The van der Waals surface area contributed by atoms with Crippen LogP contribution < -0.4 is 10.1 Å². The molecule has 2 aliphatic heterocycles. The second-order valence-electron chi connectivity index (χ2n) is 6.97. The predicted octanol–water partition coefficient (Wildman–Crippen LogP) is 1.67. The molecule has 0 saturated carbocycles. The SMILES string of the molecule is CC(=O)N[C@H]1[C@@H](Oc2ccc(C)cc2)O[C@H]2CO[C@H](c3ccco3)O[C@@H]2[C@H]1O. The molecule has 0 aliphatic carbocycles. The maximum atomic E-state index is 11.7. The first-order valence-electron chi connectivity index (χ1n) is 9.15. The summed E-state index contributed by atoms with van der Waals surface area (Å²) in [5.74, 6) is 0.765. The van der Waals surface area contributed by atoms with Crippen LogP contribution in [0.25, 0.3) is 0 Å². The van der Waals surface area contributed by atoms with Crippen LogP contribution in [0.15, 0.2) is 47.1 Å². The summed E-state index contributed by atoms with van der Waals surface area (Å²) >= 11 is 0. The number of carbonyl (C=O) groups is 1. The van der Waals surface area contributed by atoms with Crippen LogP contribution in [-0.4, -0.2) is 48.3 Å². The molecule has 0 unspecified atom stereocenters. The van der Waals surface area contributed by atoms with Crippen molar-refractivity contribution >= 4 is 5.91 Å². The molecule has 6 atom stereocenters. The van der Waals surface area contributed by atoms with E-state index in [4.69, 9.17) is 23.4 Å². The fourth-order valence-electron chi connectivity index (χ4n) is 3.40. The molecular weight excluding hydrogens is 366 g/mol. The smallest absolute Gasteiger partial charge is 0.223 e. The van der Waals surface area contributed by atoms with Gasteiger partial charge in [0.25, 0.3) is 0 Å². The Morgan fingerprint density at radius 2 is 2.00 bits per heavy atom. The number of carbonyl (C=O) groups excluding carboxylic acids is 1. The molecule has 2 N–H and O–H groups in total. The Kier molecular flexibility index (Phi) is 5.36. The van der Waals surface area contributed by atoms with Crippen molar-refractivity contribution in [3.8, 4) is 5.75 Å². The first-order chi connectivity index (χ1) is 13.5. The van der Waals surface area contributed by atoms with Crippen LogP contribution in [0.1, 0.15) is 24.5 Å². The van der Waals surface area contributed by atoms with Crippen LogP contribution >= 0.6 is 0 Å². The van der Waals surface area contributed by atoms with E-state index in [-0.39, 0.29) is 12.5 Å². The van der Waals surface area contributed by atoms with Gasteiger partial charge in [-0.1, -0.05) is 17.7 Å². The lowest BCUT2D eigenvalue weighted by Crippen LogP contribution is -2.67. The fourth-order valence-corrected chi connectivity index (χ4v) is 3.40. The zero-order chi connectivity index (χ0) is 19.7. The first-order valence-corrected chi connectivity index (χ1v) is 9.15. The van der Waals surface area contributed by atoms with E-state index in [1.54, 1.807) is 12.1 Å². The molecule has 1 aromatic heterocycles. The molecule has 0 spiro atoms. The minimum absolute atomic E-state index is 0.188. The summed E-state index contributed by atoms with van der Waals surface area (Å²) in [5, 5.41) is 13.6. The molecule has 3 heterocycles. The van der Waals surface area contributed by atoms with Gasteiger partial charge in [-0.15, -0.1) is 0 Å². The van der Waals surface area contributed by atoms with Gasteiger partial charge in [0.2, 0.25) is 18.5 Å². The Bertz CT molecular complexity index is 791. The van der Waals surface area contributed by atoms with Gasteiger partial charge in [-0.05, 0) is 31.2 Å². The van der Waals surface area contributed by atoms with Crippen molar-refractivity contribution in [2.45, 2.75) is 50.8 Å². The minimum atomic E-state index is -1.06. The summed E-state index contributed by atoms with van der Waals surface area (Å²) in [6, 6.07) is 10.1. The van der Waals surface area contributed by atoms with E-state index in [2.05, 4.69) is 5.32 Å². The lowest BCUT2D eigenvalue weighted by molar-refractivity contribution is -0.336. The maximum absolute atomic E-state index is 11.7. The topological polar surface area (TPSA) is 99.4 Å². The average molecular weight is 389 g/mol. The zero-order valence-corrected chi connectivity index (χ0v) is 15.6. The summed E-state index contributed by atoms with van der Waals surface area (Å²) in [7, 11) is 0. The van der Waals surface area contributed by atoms with Gasteiger partial charge in [0, 0.05) is 6.92 Å². The van der Waals surface area contributed by atoms with Crippen LogP contribution in [-0.2, 0) is 19.0 Å². The number of aliphatic hydroxyl groups excluding tert-OH is 1. The van der Waals surface area contributed by atoms with E-state index >= 15 is 0 Å². The van der Waals surface area contributed by atoms with Crippen molar-refractivity contribution < 1.29 is 33.3 Å². The van der Waals surface area contributed by atoms with Crippen LogP contribution in [0.2, 0.25) is 0 Å². The highest BCUT2D eigenvalue weighted by atomic mass is 16.8. The Morgan fingerprint density at radius 1 is 1.21 bits per heavy atom. The van der Waals surface area contributed by atoms with E-state index in [0.29, 0.717) is 11.5 Å². The van der Waals surface area contributed by atoms with Crippen LogP contribution in [0.5, 0.6) is 5.75 Å². The third-order valence-corrected chi connectivity index (χ3v) is 4.78. The van der Waals surface area contributed by atoms with Gasteiger partial charge in [0.1, 0.15) is 30.1 Å². The highest BCUT2D eigenvalue weighted by Gasteiger charge is 2.51. The largest absolute Gasteiger partial charge is 0.464 e. The standard InChI is InChI=1S/C20H23NO7/c1-11-5-7-13(8-6-11)26-20-16(21-12(2)22)17(23)18-15(27-20)10-25-19(28-18)14-4-3-9-24-14/h3-9,15-20,23H,10H2,1-2H3,(H,21,22)/t15-,16+,17-,18-,19-,20-/m0/s1. The lowest BCUT2D eigenvalue weighted by atomic mass is 9.96. The van der Waals surface area contributed by atoms with Crippen molar-refractivity contribution in [2.24, 2.45) is 0 Å². The monoisotopic (exact) mass is 389 g/mol. The maximum Gasteiger partial charge on any atom is 0.223 e. The number of nitrogens with one attached hydrogen (secondary N) is 1. The number of furan rings is 1. The molecule has 8 nitrogen and oxygen atoms in total. The molecular formula is C20H23NO7. The van der Waals surface area contributed by atoms with Crippen LogP contribution in [0.4, 0.5) is 0 Å². The first kappa shape index (κ1) is 18.9. The van der Waals surface area contributed by atoms with Crippen LogP contribution in [0, 0.1) is 6.92 Å². The number of hydrogen-bond acceptors (Lipinski definition) is 7. The number of fused-ring (bicyclic) bond motifs is 1. The highest BCUT2D eigenvalue weighted by Crippen LogP contribution is 2.35. The van der Waals surface area contributed by atoms with E-state index in [9.17, 15) is 9.90 Å². The molecule has 2 aliphatic rings. The molecule has 4 rings (SSSR count). The molecule has 0 radical (unpaired) electrons. The number of aliphatic hydroxyl groups is 1. The summed E-state index contributed by atoms with van der Waals surface area (Å²) < 4.78 is 28.8. The van der Waals surface area contributed by atoms with E-state index in [1.165, 1.54) is 13.2 Å². The van der Waals surface area contributed by atoms with Gasteiger partial charge in [0.05, 0.1) is 12.9 Å². The molecule has 2 saturated heterocycles. The van der Waals surface area contributed by atoms with Gasteiger partial charge < -0.3 is 33.8 Å². The second kappa shape index (κ2) is 7.92. The predicted molar refractivity (Wildman–Crippen MR) is 96.4 cm³/mol. The Morgan fingerprint density at radius 3 is 2.68 bits per heavy atom. The normalized spacial score (nSPS) is 32.4. The van der Waals surface area contributed by atoms with E-state index < -0.39 is 36.9 Å². The summed E-state index contributed by atoms with van der Waals surface area (Å²) in [6.45, 7) is 3.54. The summed E-state index contributed by atoms with van der Waals surface area (Å²) in [6.07, 6.45) is -2.44. The van der Waals surface area contributed by atoms with Crippen LogP contribution in [0.3, 0.4) is 0 Å². The van der Waals surface area contributed by atoms with Gasteiger partial charge in [-0.2, -0.15) is 0 Å². The summed E-state index contributed by atoms with van der Waals surface area (Å²) in [4.78, 5) is 11.7. The number of hydrogen-bond donors (Lipinski definition) is 2. The molecule has 28 heavy (non-hydrogen) atoms. The van der Waals surface area contributed by atoms with Gasteiger partial charge in [-0.3, -0.25) is 4.79 Å². The molecule has 2 aromatic rings. The zero-order valence-electron chi connectivity index (χ0n) is 15.6. The Balaban J connectivity index is 1.53. The third kappa shape index (κ3) is 3.90. The fraction of sp³-hybridized carbons (Fsp3) is 0.450. The minimum Gasteiger partial charge on any atom is -0.464 e. The van der Waals surface area contributed by atoms with Crippen molar-refractivity contribution in [1.29, 1.82) is 0 Å². The lowest BCUT2D eigenvalue weighted by Gasteiger charge is -2.47. The highest BCUT2D eigenvalue weighted by molar-refractivity contribution is 5.73. The van der Waals surface area contributed by atoms with Crippen molar-refractivity contribution in [3.05, 3.63) is 54.0 Å². The number of aryl methyl sites for hydroxylation is 1. The summed E-state index contributed by atoms with van der Waals surface area (Å²) in [5.41, 5.74) is 1.09. The van der Waals surface area contributed by atoms with E-state index in [1.807, 2.05) is 31.2 Å². The molecule has 1 amide bonds. The number of ether oxygens (including phenoxy) is 4. The number of benzene rings is 1. The average Bonchev–Trinajstić information content (AvgIpc) is 3.21. The quantitative estimate of drug-likeness (QED) is 0.821. The molecule has 0 bridgehead atoms. The Hall–Kier alpha value is -2.39. The van der Waals surface area contributed by atoms with Gasteiger partial charge in [-0.25, -0.2) is 0 Å². The number of amides is 1. The second-order valence-corrected chi connectivity index (χ2v) is 6.97. The van der Waals surface area contributed by atoms with Gasteiger partial charge >= 0.3 is 0 Å². The van der Waals surface area contributed by atoms with Crippen molar-refractivity contribution in [2.75, 3.05) is 6.61 Å².